The van der Waals surface area contributed by atoms with Gasteiger partial charge in [-0.2, -0.15) is 13.2 Å². The molecule has 0 aliphatic carbocycles. The van der Waals surface area contributed by atoms with Crippen LogP contribution in [0, 0.1) is 5.82 Å². The molecule has 3 aliphatic rings. The normalized spacial score (nSPS) is 21.4. The molecule has 3 aromatic rings. The highest BCUT2D eigenvalue weighted by molar-refractivity contribution is 5.99. The Morgan fingerprint density at radius 3 is 2.76 bits per heavy atom. The molecule has 10 nitrogen and oxygen atoms in total. The Morgan fingerprint density at radius 1 is 1.24 bits per heavy atom. The van der Waals surface area contributed by atoms with E-state index in [2.05, 4.69) is 25.5 Å². The summed E-state index contributed by atoms with van der Waals surface area (Å²) in [6.07, 6.45) is -2.93. The highest BCUT2D eigenvalue weighted by Gasteiger charge is 2.45. The molecular formula is C31H32F4N6O4. The van der Waals surface area contributed by atoms with Gasteiger partial charge in [0.25, 0.3) is 11.8 Å². The van der Waals surface area contributed by atoms with Crippen molar-refractivity contribution in [1.82, 2.24) is 25.1 Å². The second-order valence-corrected chi connectivity index (χ2v) is 11.9. The second kappa shape index (κ2) is 11.6. The zero-order valence-corrected chi connectivity index (χ0v) is 24.9. The van der Waals surface area contributed by atoms with Crippen LogP contribution in [-0.4, -0.2) is 84.1 Å². The average molecular weight is 629 g/mol. The van der Waals surface area contributed by atoms with Crippen LogP contribution in [0.15, 0.2) is 36.5 Å². The third-order valence-corrected chi connectivity index (χ3v) is 8.57. The van der Waals surface area contributed by atoms with E-state index >= 15 is 4.39 Å². The van der Waals surface area contributed by atoms with E-state index in [0.29, 0.717) is 36.9 Å². The van der Waals surface area contributed by atoms with Gasteiger partial charge in [-0.15, -0.1) is 0 Å². The topological polar surface area (TPSA) is 109 Å². The standard InChI is InChI=1S/C31H32F4N6O4/c1-40-8-7-30(16-40)12-19(15-45-30)37-27(42)20-10-25(44-3)24(11-22(20)32)39-29-36-13-21(31(33,34)35)23(38-29)9-17-5-4-6-18-14-41(2)28(43)26(17)18/h4-6,10-11,13,19H,7-9,12,14-16H2,1-3H3,(H,37,42)(H,36,38,39). The highest BCUT2D eigenvalue weighted by Crippen LogP contribution is 2.37. The van der Waals surface area contributed by atoms with Crippen molar-refractivity contribution in [2.75, 3.05) is 46.2 Å². The van der Waals surface area contributed by atoms with Crippen molar-refractivity contribution in [1.29, 1.82) is 0 Å². The summed E-state index contributed by atoms with van der Waals surface area (Å²) in [5.41, 5.74) is -0.522. The fourth-order valence-corrected chi connectivity index (χ4v) is 6.40. The molecule has 14 heteroatoms. The number of hydrogen-bond donors (Lipinski definition) is 2. The number of halogens is 4. The minimum absolute atomic E-state index is 0.00631. The number of nitrogens with zero attached hydrogens (tertiary/aromatic N) is 4. The van der Waals surface area contributed by atoms with Crippen LogP contribution >= 0.6 is 0 Å². The molecule has 3 aliphatic heterocycles. The molecule has 2 N–H and O–H groups in total. The zero-order chi connectivity index (χ0) is 32.1. The first-order valence-corrected chi connectivity index (χ1v) is 14.4. The number of alkyl halides is 3. The lowest BCUT2D eigenvalue weighted by atomic mass is 9.97. The smallest absolute Gasteiger partial charge is 0.419 e. The third kappa shape index (κ3) is 6.03. The Hall–Kier alpha value is -4.30. The Balaban J connectivity index is 1.24. The molecular weight excluding hydrogens is 596 g/mol. The summed E-state index contributed by atoms with van der Waals surface area (Å²) in [7, 11) is 4.94. The number of rotatable bonds is 7. The number of ether oxygens (including phenoxy) is 2. The van der Waals surface area contributed by atoms with E-state index in [9.17, 15) is 22.8 Å². The third-order valence-electron chi connectivity index (χ3n) is 8.57. The molecule has 1 aromatic heterocycles. The Morgan fingerprint density at radius 2 is 2.04 bits per heavy atom. The summed E-state index contributed by atoms with van der Waals surface area (Å²) < 4.78 is 68.6. The number of likely N-dealkylation sites (N-methyl/N-ethyl adjacent to an activating group) is 1. The molecule has 238 valence electrons. The van der Waals surface area contributed by atoms with Crippen LogP contribution in [-0.2, 0) is 23.9 Å². The molecule has 2 saturated heterocycles. The molecule has 2 unspecified atom stereocenters. The van der Waals surface area contributed by atoms with Crippen LogP contribution in [0.25, 0.3) is 0 Å². The molecule has 2 atom stereocenters. The van der Waals surface area contributed by atoms with Gasteiger partial charge in [-0.25, -0.2) is 14.4 Å². The summed E-state index contributed by atoms with van der Waals surface area (Å²) in [4.78, 5) is 37.4. The van der Waals surface area contributed by atoms with E-state index in [0.717, 1.165) is 31.1 Å². The number of amides is 2. The van der Waals surface area contributed by atoms with Gasteiger partial charge >= 0.3 is 6.18 Å². The molecule has 2 fully saturated rings. The first-order chi connectivity index (χ1) is 21.4. The minimum atomic E-state index is -4.76. The first-order valence-electron chi connectivity index (χ1n) is 14.4. The fourth-order valence-electron chi connectivity index (χ4n) is 6.40. The molecule has 4 heterocycles. The number of benzene rings is 2. The lowest BCUT2D eigenvalue weighted by Crippen LogP contribution is -2.38. The zero-order valence-electron chi connectivity index (χ0n) is 24.9. The number of methoxy groups -OCH3 is 1. The number of likely N-dealkylation sites (tertiary alicyclic amines) is 1. The first kappa shape index (κ1) is 30.7. The van der Waals surface area contributed by atoms with E-state index in [-0.39, 0.29) is 52.6 Å². The van der Waals surface area contributed by atoms with Crippen LogP contribution in [0.2, 0.25) is 0 Å². The Labute approximate surface area is 256 Å². The maximum absolute atomic E-state index is 15.3. The van der Waals surface area contributed by atoms with Crippen LogP contribution in [0.3, 0.4) is 0 Å². The van der Waals surface area contributed by atoms with E-state index in [4.69, 9.17) is 9.47 Å². The average Bonchev–Trinajstić information content (AvgIpc) is 3.64. The molecule has 6 rings (SSSR count). The Bertz CT molecular complexity index is 1670. The van der Waals surface area contributed by atoms with Gasteiger partial charge < -0.3 is 29.9 Å². The van der Waals surface area contributed by atoms with Crippen molar-refractivity contribution in [3.05, 3.63) is 75.9 Å². The van der Waals surface area contributed by atoms with Crippen LogP contribution in [0.5, 0.6) is 5.75 Å². The summed E-state index contributed by atoms with van der Waals surface area (Å²) >= 11 is 0. The van der Waals surface area contributed by atoms with Gasteiger partial charge in [-0.1, -0.05) is 18.2 Å². The number of aromatic nitrogens is 2. The lowest BCUT2D eigenvalue weighted by molar-refractivity contribution is -0.138. The molecule has 0 saturated carbocycles. The summed E-state index contributed by atoms with van der Waals surface area (Å²) in [5.74, 6) is -1.99. The largest absolute Gasteiger partial charge is 0.495 e. The van der Waals surface area contributed by atoms with Gasteiger partial charge in [-0.05, 0) is 30.7 Å². The minimum Gasteiger partial charge on any atom is -0.495 e. The fraction of sp³-hybridized carbons (Fsp3) is 0.419. The van der Waals surface area contributed by atoms with Crippen molar-refractivity contribution >= 4 is 23.5 Å². The lowest BCUT2D eigenvalue weighted by Gasteiger charge is -2.22. The van der Waals surface area contributed by atoms with Crippen LogP contribution in [0.4, 0.5) is 29.2 Å². The number of hydrogen-bond acceptors (Lipinski definition) is 8. The van der Waals surface area contributed by atoms with E-state index in [1.807, 2.05) is 7.05 Å². The van der Waals surface area contributed by atoms with Crippen LogP contribution in [0.1, 0.15) is 55.9 Å². The van der Waals surface area contributed by atoms with Crippen LogP contribution < -0.4 is 15.4 Å². The maximum atomic E-state index is 15.3. The van der Waals surface area contributed by atoms with E-state index in [1.54, 1.807) is 25.2 Å². The van der Waals surface area contributed by atoms with Gasteiger partial charge in [-0.3, -0.25) is 9.59 Å². The highest BCUT2D eigenvalue weighted by atomic mass is 19.4. The van der Waals surface area contributed by atoms with Crippen molar-refractivity contribution in [3.63, 3.8) is 0 Å². The number of carbonyl (C=O) groups is 2. The predicted molar refractivity (Wildman–Crippen MR) is 155 cm³/mol. The van der Waals surface area contributed by atoms with Crippen molar-refractivity contribution in [2.24, 2.45) is 0 Å². The molecule has 2 amide bonds. The van der Waals surface area contributed by atoms with E-state index < -0.39 is 23.5 Å². The van der Waals surface area contributed by atoms with Gasteiger partial charge in [0.15, 0.2) is 0 Å². The quantitative estimate of drug-likeness (QED) is 0.376. The number of anilines is 2. The SMILES string of the molecule is COc1cc(C(=O)NC2COC3(CCN(C)C3)C2)c(F)cc1Nc1ncc(C(F)(F)F)c(Cc2cccc3c2C(=O)N(C)C3)n1. The molecule has 0 radical (unpaired) electrons. The van der Waals surface area contributed by atoms with Gasteiger partial charge in [0.2, 0.25) is 5.95 Å². The van der Waals surface area contributed by atoms with Gasteiger partial charge in [0.05, 0.1) is 47.9 Å². The number of nitrogens with one attached hydrogen (secondary N) is 2. The van der Waals surface area contributed by atoms with Gasteiger partial charge in [0, 0.05) is 57.4 Å². The van der Waals surface area contributed by atoms with Crippen molar-refractivity contribution in [3.8, 4) is 5.75 Å². The number of fused-ring (bicyclic) bond motifs is 1. The molecule has 45 heavy (non-hydrogen) atoms. The Kier molecular flexibility index (Phi) is 7.89. The summed E-state index contributed by atoms with van der Waals surface area (Å²) in [6, 6.07) is 6.97. The van der Waals surface area contributed by atoms with E-state index in [1.165, 1.54) is 18.1 Å². The van der Waals surface area contributed by atoms with Crippen molar-refractivity contribution in [2.45, 2.75) is 43.6 Å². The summed E-state index contributed by atoms with van der Waals surface area (Å²) in [5, 5.41) is 5.57. The molecule has 0 bridgehead atoms. The van der Waals surface area contributed by atoms with Gasteiger partial charge in [0.1, 0.15) is 11.6 Å². The number of carbonyl (C=O) groups excluding carboxylic acids is 2. The summed E-state index contributed by atoms with van der Waals surface area (Å²) in [6.45, 7) is 2.34. The van der Waals surface area contributed by atoms with Crippen molar-refractivity contribution < 1.29 is 36.6 Å². The monoisotopic (exact) mass is 628 g/mol. The molecule has 1 spiro atoms. The molecule has 2 aromatic carbocycles. The second-order valence-electron chi connectivity index (χ2n) is 11.9. The predicted octanol–water partition coefficient (Wildman–Crippen LogP) is 4.16. The maximum Gasteiger partial charge on any atom is 0.419 e.